The first-order valence-electron chi connectivity index (χ1n) is 9.67. The molecule has 0 saturated heterocycles. The van der Waals surface area contributed by atoms with Crippen molar-refractivity contribution in [1.82, 2.24) is 0 Å². The van der Waals surface area contributed by atoms with Gasteiger partial charge in [0.2, 0.25) is 0 Å². The van der Waals surface area contributed by atoms with Gasteiger partial charge >= 0.3 is 0 Å². The van der Waals surface area contributed by atoms with Gasteiger partial charge in [-0.25, -0.2) is 0 Å². The molecule has 0 aliphatic rings. The van der Waals surface area contributed by atoms with Crippen LogP contribution >= 0.6 is 25.1 Å². The average molecular weight is 373 g/mol. The molecule has 0 aromatic heterocycles. The second kappa shape index (κ2) is 16.1. The molecule has 3 heteroatoms. The van der Waals surface area contributed by atoms with Crippen LogP contribution in [0.3, 0.4) is 0 Å². The number of hydrogen-bond donors (Lipinski definition) is 1. The van der Waals surface area contributed by atoms with E-state index >= 15 is 0 Å². The maximum absolute atomic E-state index is 9.28. The summed E-state index contributed by atoms with van der Waals surface area (Å²) < 4.78 is 0. The van der Waals surface area contributed by atoms with E-state index in [4.69, 9.17) is 11.6 Å². The molecule has 1 N–H and O–H groups in total. The van der Waals surface area contributed by atoms with Crippen molar-refractivity contribution in [1.29, 1.82) is 0 Å². The molecule has 0 amide bonds. The Morgan fingerprint density at radius 2 is 1.17 bits per heavy atom. The second-order valence-corrected chi connectivity index (χ2v) is 7.26. The quantitative estimate of drug-likeness (QED) is 0.260. The molecular weight excluding hydrogens is 336 g/mol. The van der Waals surface area contributed by atoms with E-state index < -0.39 is 0 Å². The molecule has 1 aromatic rings. The Hall–Kier alpha value is -0.340. The summed E-state index contributed by atoms with van der Waals surface area (Å²) in [6.07, 6.45) is 17.5. The Bertz CT molecular complexity index is 380. The number of aromatic hydroxyl groups is 1. The molecule has 0 aliphatic carbocycles. The normalized spacial score (nSPS) is 11.9. The Kier molecular flexibility index (Phi) is 15.9. The Balaban J connectivity index is 0.00000529. The number of halogens is 1. The third-order valence-corrected chi connectivity index (χ3v) is 5.04. The molecule has 0 heterocycles. The maximum atomic E-state index is 9.28. The zero-order valence-corrected chi connectivity index (χ0v) is 17.2. The van der Waals surface area contributed by atoms with Gasteiger partial charge in [0.05, 0.1) is 5.38 Å². The number of hydrogen-bond acceptors (Lipinski definition) is 1. The van der Waals surface area contributed by atoms with Crippen LogP contribution < -0.4 is 0 Å². The lowest BCUT2D eigenvalue weighted by Gasteiger charge is -2.09. The molecule has 1 rings (SSSR count). The molecule has 0 saturated carbocycles. The highest BCUT2D eigenvalue weighted by Crippen LogP contribution is 2.28. The van der Waals surface area contributed by atoms with Crippen molar-refractivity contribution in [2.24, 2.45) is 0 Å². The van der Waals surface area contributed by atoms with Gasteiger partial charge in [-0.15, -0.1) is 11.6 Å². The first kappa shape index (κ1) is 23.7. The van der Waals surface area contributed by atoms with Crippen LogP contribution in [-0.4, -0.2) is 5.11 Å². The van der Waals surface area contributed by atoms with Gasteiger partial charge in [-0.2, -0.15) is 13.5 Å². The van der Waals surface area contributed by atoms with Crippen molar-refractivity contribution >= 4 is 25.1 Å². The van der Waals surface area contributed by atoms with Gasteiger partial charge in [-0.1, -0.05) is 96.1 Å². The fourth-order valence-corrected chi connectivity index (χ4v) is 3.31. The highest BCUT2D eigenvalue weighted by Gasteiger charge is 2.07. The zero-order valence-electron chi connectivity index (χ0n) is 15.4. The molecular formula is C21H37ClOS. The molecule has 0 fully saturated rings. The summed E-state index contributed by atoms with van der Waals surface area (Å²) >= 11 is 6.41. The standard InChI is InChI=1S/C21H35ClO.H2S/c1-2-3-4-5-6-7-8-9-10-11-12-13-14-21(22)19-15-17-20(23)18-16-19;/h15-18,21,23H,2-14H2,1H3;1H2. The van der Waals surface area contributed by atoms with Crippen molar-refractivity contribution in [3.63, 3.8) is 0 Å². The first-order chi connectivity index (χ1) is 11.2. The predicted octanol–water partition coefficient (Wildman–Crippen LogP) is 7.88. The zero-order chi connectivity index (χ0) is 16.8. The lowest BCUT2D eigenvalue weighted by Crippen LogP contribution is -1.90. The highest BCUT2D eigenvalue weighted by atomic mass is 35.5. The maximum Gasteiger partial charge on any atom is 0.115 e. The third kappa shape index (κ3) is 12.1. The molecule has 0 spiro atoms. The van der Waals surface area contributed by atoms with Crippen LogP contribution in [0.25, 0.3) is 0 Å². The summed E-state index contributed by atoms with van der Waals surface area (Å²) in [5.74, 6) is 0.308. The van der Waals surface area contributed by atoms with Crippen LogP contribution in [0.4, 0.5) is 0 Å². The van der Waals surface area contributed by atoms with Crippen LogP contribution in [0.1, 0.15) is 101 Å². The van der Waals surface area contributed by atoms with Gasteiger partial charge in [-0.05, 0) is 24.1 Å². The number of benzene rings is 1. The van der Waals surface area contributed by atoms with Crippen molar-refractivity contribution in [2.75, 3.05) is 0 Å². The Labute approximate surface area is 161 Å². The summed E-state index contributed by atoms with van der Waals surface area (Å²) in [5, 5.41) is 9.37. The minimum Gasteiger partial charge on any atom is -0.508 e. The van der Waals surface area contributed by atoms with Gasteiger partial charge in [0.15, 0.2) is 0 Å². The predicted molar refractivity (Wildman–Crippen MR) is 113 cm³/mol. The molecule has 140 valence electrons. The SMILES string of the molecule is CCCCCCCCCCCCCCC(Cl)c1ccc(O)cc1.S. The number of phenolic OH excluding ortho intramolecular Hbond substituents is 1. The third-order valence-electron chi connectivity index (χ3n) is 4.57. The molecule has 24 heavy (non-hydrogen) atoms. The van der Waals surface area contributed by atoms with Crippen molar-refractivity contribution in [3.05, 3.63) is 29.8 Å². The number of unbranched alkanes of at least 4 members (excludes halogenated alkanes) is 11. The highest BCUT2D eigenvalue weighted by molar-refractivity contribution is 7.59. The van der Waals surface area contributed by atoms with E-state index in [9.17, 15) is 5.11 Å². The van der Waals surface area contributed by atoms with E-state index in [1.165, 1.54) is 77.0 Å². The summed E-state index contributed by atoms with van der Waals surface area (Å²) in [5.41, 5.74) is 1.12. The number of rotatable bonds is 14. The smallest absolute Gasteiger partial charge is 0.115 e. The monoisotopic (exact) mass is 372 g/mol. The molecule has 0 bridgehead atoms. The van der Waals surface area contributed by atoms with E-state index in [1.54, 1.807) is 12.1 Å². The van der Waals surface area contributed by atoms with Crippen LogP contribution in [0.2, 0.25) is 0 Å². The van der Waals surface area contributed by atoms with E-state index in [1.807, 2.05) is 12.1 Å². The van der Waals surface area contributed by atoms with E-state index in [0.29, 0.717) is 5.75 Å². The topological polar surface area (TPSA) is 20.2 Å². The average Bonchev–Trinajstić information content (AvgIpc) is 2.56. The minimum absolute atomic E-state index is 0. The molecule has 1 unspecified atom stereocenters. The lowest BCUT2D eigenvalue weighted by atomic mass is 10.0. The van der Waals surface area contributed by atoms with E-state index in [-0.39, 0.29) is 18.9 Å². The van der Waals surface area contributed by atoms with Crippen LogP contribution in [-0.2, 0) is 0 Å². The van der Waals surface area contributed by atoms with Crippen LogP contribution in [0, 0.1) is 0 Å². The fourth-order valence-electron chi connectivity index (χ4n) is 3.01. The largest absolute Gasteiger partial charge is 0.508 e. The summed E-state index contributed by atoms with van der Waals surface area (Å²) in [7, 11) is 0. The first-order valence-corrected chi connectivity index (χ1v) is 10.1. The number of alkyl halides is 1. The molecule has 1 atom stereocenters. The van der Waals surface area contributed by atoms with Crippen LogP contribution in [0.15, 0.2) is 24.3 Å². The van der Waals surface area contributed by atoms with E-state index in [0.717, 1.165) is 12.0 Å². The van der Waals surface area contributed by atoms with Gasteiger partial charge in [-0.3, -0.25) is 0 Å². The molecule has 0 aliphatic heterocycles. The Morgan fingerprint density at radius 1 is 0.750 bits per heavy atom. The molecule has 0 radical (unpaired) electrons. The van der Waals surface area contributed by atoms with Crippen molar-refractivity contribution in [3.8, 4) is 5.75 Å². The second-order valence-electron chi connectivity index (χ2n) is 6.74. The van der Waals surface area contributed by atoms with Crippen LogP contribution in [0.5, 0.6) is 5.75 Å². The molecule has 1 aromatic carbocycles. The van der Waals surface area contributed by atoms with Gasteiger partial charge in [0.1, 0.15) is 5.75 Å². The van der Waals surface area contributed by atoms with Gasteiger partial charge in [0.25, 0.3) is 0 Å². The lowest BCUT2D eigenvalue weighted by molar-refractivity contribution is 0.475. The number of phenols is 1. The fraction of sp³-hybridized carbons (Fsp3) is 0.714. The summed E-state index contributed by atoms with van der Waals surface area (Å²) in [4.78, 5) is 0. The van der Waals surface area contributed by atoms with Crippen molar-refractivity contribution < 1.29 is 5.11 Å². The summed E-state index contributed by atoms with van der Waals surface area (Å²) in [6.45, 7) is 2.27. The molecule has 1 nitrogen and oxygen atoms in total. The van der Waals surface area contributed by atoms with Gasteiger partial charge in [0, 0.05) is 0 Å². The summed E-state index contributed by atoms with van der Waals surface area (Å²) in [6, 6.07) is 7.28. The van der Waals surface area contributed by atoms with Gasteiger partial charge < -0.3 is 5.11 Å². The van der Waals surface area contributed by atoms with Crippen molar-refractivity contribution in [2.45, 2.75) is 95.8 Å². The van der Waals surface area contributed by atoms with E-state index in [2.05, 4.69) is 6.92 Å². The minimum atomic E-state index is 0. The Morgan fingerprint density at radius 3 is 1.62 bits per heavy atom.